The normalized spacial score (nSPS) is 12.5. The molecule has 0 aliphatic carbocycles. The highest BCUT2D eigenvalue weighted by Crippen LogP contribution is 2.04. The Labute approximate surface area is 86.3 Å². The Morgan fingerprint density at radius 2 is 2.20 bits per heavy atom. The van der Waals surface area contributed by atoms with Gasteiger partial charge < -0.3 is 14.9 Å². The standard InChI is InChI=1S/C9H12N2O4/c1-5(2)7(9(13)14)11-8(12)6-3-4-10-15-6/h3-5,7H,1-2H3,(H,11,12)(H,13,14)/t7-/m0/s1. The molecular weight excluding hydrogens is 200 g/mol. The number of carbonyl (C=O) groups excluding carboxylic acids is 1. The first-order chi connectivity index (χ1) is 7.02. The molecule has 1 aromatic heterocycles. The molecule has 0 aromatic carbocycles. The first kappa shape index (κ1) is 11.2. The molecule has 1 heterocycles. The lowest BCUT2D eigenvalue weighted by Crippen LogP contribution is -2.44. The van der Waals surface area contributed by atoms with Gasteiger partial charge in [-0.3, -0.25) is 4.79 Å². The average molecular weight is 212 g/mol. The maximum atomic E-state index is 11.4. The van der Waals surface area contributed by atoms with Crippen molar-refractivity contribution < 1.29 is 19.2 Å². The fraction of sp³-hybridized carbons (Fsp3) is 0.444. The summed E-state index contributed by atoms with van der Waals surface area (Å²) in [4.78, 5) is 22.2. The number of rotatable bonds is 4. The number of aromatic nitrogens is 1. The van der Waals surface area contributed by atoms with Crippen molar-refractivity contribution in [3.05, 3.63) is 18.0 Å². The third kappa shape index (κ3) is 2.80. The van der Waals surface area contributed by atoms with E-state index in [9.17, 15) is 9.59 Å². The number of amides is 1. The van der Waals surface area contributed by atoms with Gasteiger partial charge in [-0.15, -0.1) is 0 Å². The molecule has 0 aliphatic rings. The minimum Gasteiger partial charge on any atom is -0.480 e. The highest BCUT2D eigenvalue weighted by Gasteiger charge is 2.24. The van der Waals surface area contributed by atoms with Crippen molar-refractivity contribution in [2.75, 3.05) is 0 Å². The number of nitrogens with one attached hydrogen (secondary N) is 1. The van der Waals surface area contributed by atoms with Crippen molar-refractivity contribution in [2.24, 2.45) is 5.92 Å². The molecule has 1 aromatic rings. The molecule has 0 aliphatic heterocycles. The van der Waals surface area contributed by atoms with Gasteiger partial charge in [-0.05, 0) is 5.92 Å². The molecule has 2 N–H and O–H groups in total. The van der Waals surface area contributed by atoms with E-state index in [1.54, 1.807) is 13.8 Å². The van der Waals surface area contributed by atoms with E-state index in [0.29, 0.717) is 0 Å². The van der Waals surface area contributed by atoms with Crippen molar-refractivity contribution in [3.63, 3.8) is 0 Å². The zero-order valence-electron chi connectivity index (χ0n) is 8.43. The van der Waals surface area contributed by atoms with Crippen LogP contribution in [-0.2, 0) is 4.79 Å². The van der Waals surface area contributed by atoms with E-state index in [2.05, 4.69) is 15.0 Å². The van der Waals surface area contributed by atoms with E-state index in [1.807, 2.05) is 0 Å². The van der Waals surface area contributed by atoms with Gasteiger partial charge in [-0.2, -0.15) is 0 Å². The van der Waals surface area contributed by atoms with Crippen molar-refractivity contribution in [1.29, 1.82) is 0 Å². The molecule has 0 fully saturated rings. The van der Waals surface area contributed by atoms with Gasteiger partial charge in [0.2, 0.25) is 5.76 Å². The lowest BCUT2D eigenvalue weighted by atomic mass is 10.0. The molecule has 0 radical (unpaired) electrons. The van der Waals surface area contributed by atoms with E-state index >= 15 is 0 Å². The first-order valence-corrected chi connectivity index (χ1v) is 4.46. The summed E-state index contributed by atoms with van der Waals surface area (Å²) in [6.45, 7) is 3.42. The molecule has 6 heteroatoms. The molecule has 1 atom stereocenters. The van der Waals surface area contributed by atoms with E-state index in [1.165, 1.54) is 12.3 Å². The Morgan fingerprint density at radius 3 is 2.60 bits per heavy atom. The zero-order chi connectivity index (χ0) is 11.4. The SMILES string of the molecule is CC(C)[C@H](NC(=O)c1ccno1)C(=O)O. The van der Waals surface area contributed by atoms with E-state index in [-0.39, 0.29) is 11.7 Å². The molecule has 82 valence electrons. The van der Waals surface area contributed by atoms with Gasteiger partial charge in [-0.25, -0.2) is 4.79 Å². The lowest BCUT2D eigenvalue weighted by Gasteiger charge is -2.16. The largest absolute Gasteiger partial charge is 0.480 e. The lowest BCUT2D eigenvalue weighted by molar-refractivity contribution is -0.140. The summed E-state index contributed by atoms with van der Waals surface area (Å²) in [7, 11) is 0. The van der Waals surface area contributed by atoms with Crippen LogP contribution < -0.4 is 5.32 Å². The summed E-state index contributed by atoms with van der Waals surface area (Å²) in [5.74, 6) is -1.84. The number of aliphatic carboxylic acids is 1. The predicted molar refractivity (Wildman–Crippen MR) is 50.2 cm³/mol. The van der Waals surface area contributed by atoms with Crippen LogP contribution in [0.15, 0.2) is 16.8 Å². The van der Waals surface area contributed by atoms with Gasteiger partial charge >= 0.3 is 5.97 Å². The van der Waals surface area contributed by atoms with Gasteiger partial charge in [0, 0.05) is 6.07 Å². The zero-order valence-corrected chi connectivity index (χ0v) is 8.43. The average Bonchev–Trinajstić information content (AvgIpc) is 2.65. The molecule has 0 spiro atoms. The third-order valence-electron chi connectivity index (χ3n) is 1.88. The van der Waals surface area contributed by atoms with Crippen LogP contribution in [0.1, 0.15) is 24.4 Å². The second kappa shape index (κ2) is 4.59. The van der Waals surface area contributed by atoms with Crippen molar-refractivity contribution >= 4 is 11.9 Å². The molecule has 0 bridgehead atoms. The molecule has 0 unspecified atom stereocenters. The topological polar surface area (TPSA) is 92.4 Å². The van der Waals surface area contributed by atoms with Crippen LogP contribution in [0.5, 0.6) is 0 Å². The van der Waals surface area contributed by atoms with Crippen LogP contribution >= 0.6 is 0 Å². The molecule has 1 rings (SSSR count). The summed E-state index contributed by atoms with van der Waals surface area (Å²) in [6, 6.07) is 0.441. The number of carboxylic acid groups (broad SMARTS) is 1. The van der Waals surface area contributed by atoms with Crippen molar-refractivity contribution in [3.8, 4) is 0 Å². The molecule has 0 saturated heterocycles. The monoisotopic (exact) mass is 212 g/mol. The van der Waals surface area contributed by atoms with Crippen LogP contribution in [0.2, 0.25) is 0 Å². The van der Waals surface area contributed by atoms with Crippen molar-refractivity contribution in [1.82, 2.24) is 10.5 Å². The number of nitrogens with zero attached hydrogens (tertiary/aromatic N) is 1. The summed E-state index contributed by atoms with van der Waals surface area (Å²) in [5, 5.41) is 14.5. The highest BCUT2D eigenvalue weighted by molar-refractivity contribution is 5.94. The van der Waals surface area contributed by atoms with Gasteiger partial charge in [0.05, 0.1) is 6.20 Å². The van der Waals surface area contributed by atoms with Gasteiger partial charge in [0.1, 0.15) is 6.04 Å². The highest BCUT2D eigenvalue weighted by atomic mass is 16.5. The van der Waals surface area contributed by atoms with Gasteiger partial charge in [0.25, 0.3) is 5.91 Å². The van der Waals surface area contributed by atoms with Gasteiger partial charge in [0.15, 0.2) is 0 Å². The molecule has 1 amide bonds. The fourth-order valence-electron chi connectivity index (χ4n) is 1.06. The minimum atomic E-state index is -1.07. The van der Waals surface area contributed by atoms with E-state index < -0.39 is 17.9 Å². The van der Waals surface area contributed by atoms with Crippen LogP contribution in [0, 0.1) is 5.92 Å². The van der Waals surface area contributed by atoms with Gasteiger partial charge in [-0.1, -0.05) is 19.0 Å². The Bertz CT molecular complexity index is 345. The maximum absolute atomic E-state index is 11.4. The number of carboxylic acids is 1. The number of carbonyl (C=O) groups is 2. The molecule has 0 saturated carbocycles. The Kier molecular flexibility index (Phi) is 3.43. The van der Waals surface area contributed by atoms with E-state index in [4.69, 9.17) is 5.11 Å². The summed E-state index contributed by atoms with van der Waals surface area (Å²) >= 11 is 0. The third-order valence-corrected chi connectivity index (χ3v) is 1.88. The second-order valence-electron chi connectivity index (χ2n) is 3.41. The van der Waals surface area contributed by atoms with Crippen LogP contribution in [0.3, 0.4) is 0 Å². The molecule has 15 heavy (non-hydrogen) atoms. The van der Waals surface area contributed by atoms with Crippen LogP contribution in [0.25, 0.3) is 0 Å². The second-order valence-corrected chi connectivity index (χ2v) is 3.41. The number of hydrogen-bond donors (Lipinski definition) is 2. The molecule has 6 nitrogen and oxygen atoms in total. The van der Waals surface area contributed by atoms with Crippen LogP contribution in [0.4, 0.5) is 0 Å². The quantitative estimate of drug-likeness (QED) is 0.758. The molecular formula is C9H12N2O4. The van der Waals surface area contributed by atoms with E-state index in [0.717, 1.165) is 0 Å². The summed E-state index contributed by atoms with van der Waals surface area (Å²) in [5.41, 5.74) is 0. The fourth-order valence-corrected chi connectivity index (χ4v) is 1.06. The first-order valence-electron chi connectivity index (χ1n) is 4.46. The maximum Gasteiger partial charge on any atom is 0.326 e. The summed E-state index contributed by atoms with van der Waals surface area (Å²) < 4.78 is 4.60. The Hall–Kier alpha value is -1.85. The smallest absolute Gasteiger partial charge is 0.326 e. The predicted octanol–water partition coefficient (Wildman–Crippen LogP) is 0.514. The summed E-state index contributed by atoms with van der Waals surface area (Å²) in [6.07, 6.45) is 1.32. The number of hydrogen-bond acceptors (Lipinski definition) is 4. The Morgan fingerprint density at radius 1 is 1.53 bits per heavy atom. The van der Waals surface area contributed by atoms with Crippen LogP contribution in [-0.4, -0.2) is 28.2 Å². The Balaban J connectivity index is 2.67. The van der Waals surface area contributed by atoms with Crippen molar-refractivity contribution in [2.45, 2.75) is 19.9 Å². The minimum absolute atomic E-state index is 0.00176.